The Morgan fingerprint density at radius 2 is 2.27 bits per heavy atom. The summed E-state index contributed by atoms with van der Waals surface area (Å²) in [5.74, 6) is 1.00. The molecular formula is C10H10BrN3O. The van der Waals surface area contributed by atoms with Gasteiger partial charge in [0.2, 0.25) is 11.7 Å². The first-order chi connectivity index (χ1) is 7.22. The summed E-state index contributed by atoms with van der Waals surface area (Å²) in [6, 6.07) is 5.90. The van der Waals surface area contributed by atoms with Crippen molar-refractivity contribution in [3.05, 3.63) is 34.1 Å². The van der Waals surface area contributed by atoms with Crippen molar-refractivity contribution < 1.29 is 4.52 Å². The minimum absolute atomic E-state index is 0.260. The largest absolute Gasteiger partial charge is 0.338 e. The molecule has 78 valence electrons. The molecule has 0 aliphatic heterocycles. The fourth-order valence-electron chi connectivity index (χ4n) is 1.27. The van der Waals surface area contributed by atoms with Crippen molar-refractivity contribution in [1.82, 2.24) is 10.1 Å². The predicted octanol–water partition coefficient (Wildman–Crippen LogP) is 2.27. The van der Waals surface area contributed by atoms with E-state index < -0.39 is 0 Å². The third kappa shape index (κ3) is 1.93. The Kier molecular flexibility index (Phi) is 2.83. The van der Waals surface area contributed by atoms with Gasteiger partial charge in [-0.05, 0) is 34.5 Å². The van der Waals surface area contributed by atoms with E-state index in [4.69, 9.17) is 10.3 Å². The number of aryl methyl sites for hydroxylation is 1. The molecule has 0 aliphatic carbocycles. The maximum Gasteiger partial charge on any atom is 0.240 e. The number of rotatable bonds is 2. The minimum Gasteiger partial charge on any atom is -0.338 e. The molecule has 15 heavy (non-hydrogen) atoms. The molecule has 4 nitrogen and oxygen atoms in total. The average Bonchev–Trinajstić information content (AvgIpc) is 2.70. The van der Waals surface area contributed by atoms with Gasteiger partial charge in [-0.2, -0.15) is 4.98 Å². The summed E-state index contributed by atoms with van der Waals surface area (Å²) in [6.07, 6.45) is 0. The third-order valence-electron chi connectivity index (χ3n) is 2.08. The zero-order valence-corrected chi connectivity index (χ0v) is 9.78. The van der Waals surface area contributed by atoms with Crippen LogP contribution >= 0.6 is 15.9 Å². The van der Waals surface area contributed by atoms with E-state index in [1.54, 1.807) is 0 Å². The molecule has 0 unspecified atom stereocenters. The van der Waals surface area contributed by atoms with Crippen LogP contribution in [0.25, 0.3) is 11.4 Å². The van der Waals surface area contributed by atoms with Crippen molar-refractivity contribution >= 4 is 15.9 Å². The number of halogens is 1. The van der Waals surface area contributed by atoms with E-state index in [-0.39, 0.29) is 6.54 Å². The van der Waals surface area contributed by atoms with E-state index in [0.29, 0.717) is 11.7 Å². The SMILES string of the molecule is Cc1cccc(-c2noc(CN)n2)c1Br. The number of nitrogens with zero attached hydrogens (tertiary/aromatic N) is 2. The van der Waals surface area contributed by atoms with Crippen LogP contribution in [0, 0.1) is 6.92 Å². The van der Waals surface area contributed by atoms with Crippen molar-refractivity contribution in [3.63, 3.8) is 0 Å². The predicted molar refractivity (Wildman–Crippen MR) is 60.1 cm³/mol. The van der Waals surface area contributed by atoms with E-state index in [9.17, 15) is 0 Å². The number of nitrogens with two attached hydrogens (primary N) is 1. The van der Waals surface area contributed by atoms with Crippen molar-refractivity contribution in [2.45, 2.75) is 13.5 Å². The van der Waals surface area contributed by atoms with Crippen molar-refractivity contribution in [2.24, 2.45) is 5.73 Å². The smallest absolute Gasteiger partial charge is 0.240 e. The van der Waals surface area contributed by atoms with Crippen LogP contribution in [0.3, 0.4) is 0 Å². The van der Waals surface area contributed by atoms with Crippen LogP contribution < -0.4 is 5.73 Å². The van der Waals surface area contributed by atoms with Gasteiger partial charge in [0.1, 0.15) is 0 Å². The van der Waals surface area contributed by atoms with Crippen LogP contribution in [-0.2, 0) is 6.54 Å². The zero-order chi connectivity index (χ0) is 10.8. The first-order valence-corrected chi connectivity index (χ1v) is 5.30. The molecule has 0 radical (unpaired) electrons. The van der Waals surface area contributed by atoms with E-state index in [1.165, 1.54) is 0 Å². The summed E-state index contributed by atoms with van der Waals surface area (Å²) < 4.78 is 5.94. The maximum absolute atomic E-state index is 5.40. The normalized spacial score (nSPS) is 10.6. The molecule has 0 saturated carbocycles. The molecule has 1 aromatic carbocycles. The lowest BCUT2D eigenvalue weighted by molar-refractivity contribution is 0.380. The van der Waals surface area contributed by atoms with Crippen molar-refractivity contribution in [2.75, 3.05) is 0 Å². The van der Waals surface area contributed by atoms with Gasteiger partial charge in [0, 0.05) is 10.0 Å². The molecule has 0 spiro atoms. The highest BCUT2D eigenvalue weighted by atomic mass is 79.9. The van der Waals surface area contributed by atoms with Gasteiger partial charge < -0.3 is 10.3 Å². The molecule has 0 amide bonds. The Balaban J connectivity index is 2.49. The zero-order valence-electron chi connectivity index (χ0n) is 8.20. The van der Waals surface area contributed by atoms with Gasteiger partial charge >= 0.3 is 0 Å². The Morgan fingerprint density at radius 1 is 1.47 bits per heavy atom. The van der Waals surface area contributed by atoms with Gasteiger partial charge in [-0.15, -0.1) is 0 Å². The van der Waals surface area contributed by atoms with E-state index in [2.05, 4.69) is 26.1 Å². The molecule has 0 aliphatic rings. The Bertz CT molecular complexity index is 481. The first-order valence-electron chi connectivity index (χ1n) is 4.50. The van der Waals surface area contributed by atoms with Crippen molar-refractivity contribution in [3.8, 4) is 11.4 Å². The standard InChI is InChI=1S/C10H10BrN3O/c1-6-3-2-4-7(9(6)11)10-13-8(5-12)15-14-10/h2-4H,5,12H2,1H3. The molecule has 2 aromatic rings. The molecule has 0 atom stereocenters. The summed E-state index contributed by atoms with van der Waals surface area (Å²) in [6.45, 7) is 2.27. The van der Waals surface area contributed by atoms with Crippen LogP contribution in [0.4, 0.5) is 0 Å². The van der Waals surface area contributed by atoms with E-state index in [0.717, 1.165) is 15.6 Å². The Labute approximate surface area is 95.6 Å². The number of hydrogen-bond donors (Lipinski definition) is 1. The molecular weight excluding hydrogens is 258 g/mol. The van der Waals surface area contributed by atoms with Crippen molar-refractivity contribution in [1.29, 1.82) is 0 Å². The molecule has 1 aromatic heterocycles. The van der Waals surface area contributed by atoms with E-state index in [1.807, 2.05) is 25.1 Å². The first kappa shape index (κ1) is 10.3. The number of aromatic nitrogens is 2. The number of hydrogen-bond acceptors (Lipinski definition) is 4. The topological polar surface area (TPSA) is 64.9 Å². The lowest BCUT2D eigenvalue weighted by Gasteiger charge is -2.01. The Morgan fingerprint density at radius 3 is 2.93 bits per heavy atom. The second-order valence-corrected chi connectivity index (χ2v) is 3.95. The maximum atomic E-state index is 5.40. The second kappa shape index (κ2) is 4.12. The lowest BCUT2D eigenvalue weighted by Crippen LogP contribution is -1.95. The fourth-order valence-corrected chi connectivity index (χ4v) is 1.71. The number of benzene rings is 1. The molecule has 5 heteroatoms. The summed E-state index contributed by atoms with van der Waals surface area (Å²) in [7, 11) is 0. The monoisotopic (exact) mass is 267 g/mol. The fraction of sp³-hybridized carbons (Fsp3) is 0.200. The quantitative estimate of drug-likeness (QED) is 0.907. The summed E-state index contributed by atoms with van der Waals surface area (Å²) >= 11 is 3.50. The molecule has 0 fully saturated rings. The highest BCUT2D eigenvalue weighted by molar-refractivity contribution is 9.10. The van der Waals surface area contributed by atoms with Gasteiger partial charge in [-0.25, -0.2) is 0 Å². The van der Waals surface area contributed by atoms with Gasteiger partial charge in [0.15, 0.2) is 0 Å². The lowest BCUT2D eigenvalue weighted by atomic mass is 10.1. The third-order valence-corrected chi connectivity index (χ3v) is 3.13. The molecule has 1 heterocycles. The van der Waals surface area contributed by atoms with Crippen LogP contribution in [0.2, 0.25) is 0 Å². The van der Waals surface area contributed by atoms with Crippen LogP contribution in [0.15, 0.2) is 27.2 Å². The van der Waals surface area contributed by atoms with E-state index >= 15 is 0 Å². The summed E-state index contributed by atoms with van der Waals surface area (Å²) in [5.41, 5.74) is 7.45. The van der Waals surface area contributed by atoms with Crippen LogP contribution in [0.1, 0.15) is 11.5 Å². The summed E-state index contributed by atoms with van der Waals surface area (Å²) in [4.78, 5) is 4.17. The van der Waals surface area contributed by atoms with Gasteiger partial charge in [-0.3, -0.25) is 0 Å². The highest BCUT2D eigenvalue weighted by Gasteiger charge is 2.11. The molecule has 0 bridgehead atoms. The van der Waals surface area contributed by atoms with Gasteiger partial charge in [0.25, 0.3) is 0 Å². The highest BCUT2D eigenvalue weighted by Crippen LogP contribution is 2.28. The van der Waals surface area contributed by atoms with Gasteiger partial charge in [0.05, 0.1) is 6.54 Å². The molecule has 2 rings (SSSR count). The molecule has 0 saturated heterocycles. The van der Waals surface area contributed by atoms with Crippen LogP contribution in [0.5, 0.6) is 0 Å². The second-order valence-electron chi connectivity index (χ2n) is 3.15. The Hall–Kier alpha value is -1.20. The molecule has 2 N–H and O–H groups in total. The minimum atomic E-state index is 0.260. The average molecular weight is 268 g/mol. The summed E-state index contributed by atoms with van der Waals surface area (Å²) in [5, 5.41) is 3.86. The van der Waals surface area contributed by atoms with Gasteiger partial charge in [-0.1, -0.05) is 17.3 Å². The van der Waals surface area contributed by atoms with Crippen LogP contribution in [-0.4, -0.2) is 10.1 Å².